The first-order valence-corrected chi connectivity index (χ1v) is 8.12. The largest absolute Gasteiger partial charge is 0.445 e. The van der Waals surface area contributed by atoms with Crippen molar-refractivity contribution in [1.29, 1.82) is 0 Å². The molecule has 0 saturated heterocycles. The van der Waals surface area contributed by atoms with Crippen molar-refractivity contribution in [3.05, 3.63) is 48.3 Å². The van der Waals surface area contributed by atoms with Crippen LogP contribution in [0.2, 0.25) is 0 Å². The fraction of sp³-hybridized carbons (Fsp3) is 0.412. The minimum atomic E-state index is -0.628. The van der Waals surface area contributed by atoms with E-state index in [1.54, 1.807) is 17.1 Å². The predicted molar refractivity (Wildman–Crippen MR) is 91.4 cm³/mol. The monoisotopic (exact) mass is 345 g/mol. The summed E-state index contributed by atoms with van der Waals surface area (Å²) < 4.78 is 6.72. The van der Waals surface area contributed by atoms with Gasteiger partial charge < -0.3 is 15.4 Å². The third-order valence-corrected chi connectivity index (χ3v) is 3.61. The van der Waals surface area contributed by atoms with Crippen LogP contribution in [-0.4, -0.2) is 39.6 Å². The number of carbonyl (C=O) groups is 2. The van der Waals surface area contributed by atoms with Crippen LogP contribution < -0.4 is 10.6 Å². The molecule has 1 atom stereocenters. The number of carbonyl (C=O) groups excluding carboxylic acids is 2. The second kappa shape index (κ2) is 9.41. The van der Waals surface area contributed by atoms with E-state index in [0.717, 1.165) is 5.56 Å². The van der Waals surface area contributed by atoms with Crippen molar-refractivity contribution in [2.75, 3.05) is 6.54 Å². The van der Waals surface area contributed by atoms with E-state index < -0.39 is 6.09 Å². The molecule has 0 fully saturated rings. The zero-order chi connectivity index (χ0) is 18.1. The lowest BCUT2D eigenvalue weighted by atomic mass is 10.0. The van der Waals surface area contributed by atoms with Gasteiger partial charge in [0, 0.05) is 6.20 Å². The molecule has 0 spiro atoms. The number of alkyl carbamates (subject to hydrolysis) is 1. The number of rotatable bonds is 8. The maximum Gasteiger partial charge on any atom is 0.407 e. The van der Waals surface area contributed by atoms with Gasteiger partial charge in [0.25, 0.3) is 0 Å². The maximum absolute atomic E-state index is 12.0. The number of amides is 2. The second-order valence-corrected chi connectivity index (χ2v) is 5.96. The number of ether oxygens (including phenoxy) is 1. The van der Waals surface area contributed by atoms with E-state index in [2.05, 4.69) is 20.9 Å². The lowest BCUT2D eigenvalue weighted by Crippen LogP contribution is -2.46. The Labute approximate surface area is 146 Å². The third-order valence-electron chi connectivity index (χ3n) is 3.61. The Balaban J connectivity index is 1.71. The van der Waals surface area contributed by atoms with Gasteiger partial charge in [-0.2, -0.15) is 0 Å². The molecular formula is C17H23N5O3. The molecule has 0 saturated carbocycles. The van der Waals surface area contributed by atoms with Crippen LogP contribution in [0.15, 0.2) is 42.7 Å². The lowest BCUT2D eigenvalue weighted by molar-refractivity contribution is -0.121. The molecule has 0 aliphatic heterocycles. The Kier molecular flexibility index (Phi) is 6.94. The second-order valence-electron chi connectivity index (χ2n) is 5.96. The summed E-state index contributed by atoms with van der Waals surface area (Å²) in [6.07, 6.45) is 2.70. The Bertz CT molecular complexity index is 658. The minimum Gasteiger partial charge on any atom is -0.445 e. The summed E-state index contributed by atoms with van der Waals surface area (Å²) in [6, 6.07) is 9.22. The number of nitrogens with one attached hydrogen (secondary N) is 2. The fourth-order valence-corrected chi connectivity index (χ4v) is 2.14. The van der Waals surface area contributed by atoms with Gasteiger partial charge in [-0.25, -0.2) is 4.79 Å². The molecule has 8 heteroatoms. The first-order chi connectivity index (χ1) is 12.0. The van der Waals surface area contributed by atoms with Crippen LogP contribution in [0, 0.1) is 5.92 Å². The van der Waals surface area contributed by atoms with Gasteiger partial charge in [-0.3, -0.25) is 9.48 Å². The standard InChI is InChI=1S/C17H23N5O3/c1-13(2)15(11-22-9-8-19-21-22)20-16(23)10-18-17(24)25-12-14-6-4-3-5-7-14/h3-9,13,15H,10-12H2,1-2H3,(H,18,24)(H,20,23)/t15-/m1/s1. The fourth-order valence-electron chi connectivity index (χ4n) is 2.14. The van der Waals surface area contributed by atoms with Gasteiger partial charge in [-0.15, -0.1) is 5.10 Å². The quantitative estimate of drug-likeness (QED) is 0.752. The molecule has 8 nitrogen and oxygen atoms in total. The van der Waals surface area contributed by atoms with Crippen molar-refractivity contribution >= 4 is 12.0 Å². The van der Waals surface area contributed by atoms with E-state index in [1.807, 2.05) is 44.2 Å². The number of benzene rings is 1. The smallest absolute Gasteiger partial charge is 0.407 e. The van der Waals surface area contributed by atoms with E-state index in [1.165, 1.54) is 0 Å². The third kappa shape index (κ3) is 6.62. The van der Waals surface area contributed by atoms with Gasteiger partial charge in [0.15, 0.2) is 0 Å². The summed E-state index contributed by atoms with van der Waals surface area (Å²) in [5.74, 6) is -0.0753. The van der Waals surface area contributed by atoms with Crippen LogP contribution in [0.25, 0.3) is 0 Å². The van der Waals surface area contributed by atoms with Crippen molar-refractivity contribution in [2.45, 2.75) is 33.0 Å². The minimum absolute atomic E-state index is 0.115. The van der Waals surface area contributed by atoms with E-state index in [4.69, 9.17) is 4.74 Å². The Morgan fingerprint density at radius 2 is 2.00 bits per heavy atom. The van der Waals surface area contributed by atoms with Crippen LogP contribution >= 0.6 is 0 Å². The summed E-state index contributed by atoms with van der Waals surface area (Å²) in [6.45, 7) is 4.54. The van der Waals surface area contributed by atoms with Crippen LogP contribution in [0.3, 0.4) is 0 Å². The first kappa shape index (κ1) is 18.4. The Hall–Kier alpha value is -2.90. The average molecular weight is 345 g/mol. The molecule has 1 heterocycles. The van der Waals surface area contributed by atoms with E-state index in [0.29, 0.717) is 6.54 Å². The summed E-state index contributed by atoms with van der Waals surface area (Å²) in [5, 5.41) is 13.0. The molecule has 0 radical (unpaired) electrons. The van der Waals surface area contributed by atoms with E-state index >= 15 is 0 Å². The molecule has 0 aliphatic rings. The molecule has 25 heavy (non-hydrogen) atoms. The van der Waals surface area contributed by atoms with Gasteiger partial charge in [0.2, 0.25) is 5.91 Å². The van der Waals surface area contributed by atoms with Gasteiger partial charge in [0.05, 0.1) is 18.8 Å². The van der Waals surface area contributed by atoms with Crippen molar-refractivity contribution in [3.8, 4) is 0 Å². The van der Waals surface area contributed by atoms with Crippen molar-refractivity contribution in [2.24, 2.45) is 5.92 Å². The number of aromatic nitrogens is 3. The summed E-state index contributed by atoms with van der Waals surface area (Å²) in [5.41, 5.74) is 0.884. The van der Waals surface area contributed by atoms with Crippen molar-refractivity contribution < 1.29 is 14.3 Å². The predicted octanol–water partition coefficient (Wildman–Crippen LogP) is 1.35. The molecule has 134 valence electrons. The lowest BCUT2D eigenvalue weighted by Gasteiger charge is -2.22. The van der Waals surface area contributed by atoms with Crippen molar-refractivity contribution in [3.63, 3.8) is 0 Å². The molecule has 2 N–H and O–H groups in total. The highest BCUT2D eigenvalue weighted by atomic mass is 16.5. The Morgan fingerprint density at radius 3 is 2.64 bits per heavy atom. The first-order valence-electron chi connectivity index (χ1n) is 8.12. The molecule has 2 amide bonds. The molecule has 2 aromatic rings. The Morgan fingerprint density at radius 1 is 1.24 bits per heavy atom. The van der Waals surface area contributed by atoms with Crippen LogP contribution in [0.1, 0.15) is 19.4 Å². The number of hydrogen-bond acceptors (Lipinski definition) is 5. The van der Waals surface area contributed by atoms with E-state index in [-0.39, 0.29) is 31.0 Å². The number of hydrogen-bond donors (Lipinski definition) is 2. The summed E-state index contributed by atoms with van der Waals surface area (Å²) >= 11 is 0. The molecule has 1 aromatic heterocycles. The zero-order valence-electron chi connectivity index (χ0n) is 14.4. The van der Waals surface area contributed by atoms with Crippen LogP contribution in [0.4, 0.5) is 4.79 Å². The highest BCUT2D eigenvalue weighted by molar-refractivity contribution is 5.82. The molecule has 2 rings (SSSR count). The van der Waals surface area contributed by atoms with E-state index in [9.17, 15) is 9.59 Å². The maximum atomic E-state index is 12.0. The topological polar surface area (TPSA) is 98.1 Å². The van der Waals surface area contributed by atoms with Crippen LogP contribution in [-0.2, 0) is 22.7 Å². The highest BCUT2D eigenvalue weighted by Gasteiger charge is 2.17. The molecular weight excluding hydrogens is 322 g/mol. The van der Waals surface area contributed by atoms with Gasteiger partial charge >= 0.3 is 6.09 Å². The number of nitrogens with zero attached hydrogens (tertiary/aromatic N) is 3. The SMILES string of the molecule is CC(C)[C@@H](Cn1ccnn1)NC(=O)CNC(=O)OCc1ccccc1. The highest BCUT2D eigenvalue weighted by Crippen LogP contribution is 2.04. The van der Waals surface area contributed by atoms with Crippen LogP contribution in [0.5, 0.6) is 0 Å². The molecule has 0 aliphatic carbocycles. The molecule has 0 unspecified atom stereocenters. The molecule has 1 aromatic carbocycles. The van der Waals surface area contributed by atoms with Gasteiger partial charge in [0.1, 0.15) is 13.2 Å². The average Bonchev–Trinajstić information content (AvgIpc) is 3.11. The van der Waals surface area contributed by atoms with Gasteiger partial charge in [-0.1, -0.05) is 49.4 Å². The molecule has 0 bridgehead atoms. The van der Waals surface area contributed by atoms with Crippen molar-refractivity contribution in [1.82, 2.24) is 25.6 Å². The summed E-state index contributed by atoms with van der Waals surface area (Å²) in [7, 11) is 0. The zero-order valence-corrected chi connectivity index (χ0v) is 14.4. The normalized spacial score (nSPS) is 11.8. The van der Waals surface area contributed by atoms with Gasteiger partial charge in [-0.05, 0) is 11.5 Å². The summed E-state index contributed by atoms with van der Waals surface area (Å²) in [4.78, 5) is 23.7.